The van der Waals surface area contributed by atoms with E-state index in [2.05, 4.69) is 4.72 Å². The van der Waals surface area contributed by atoms with Crippen LogP contribution in [0.3, 0.4) is 0 Å². The van der Waals surface area contributed by atoms with Gasteiger partial charge in [0.1, 0.15) is 0 Å². The van der Waals surface area contributed by atoms with Gasteiger partial charge < -0.3 is 4.74 Å². The van der Waals surface area contributed by atoms with Crippen LogP contribution in [-0.2, 0) is 21.3 Å². The normalized spacial score (nSPS) is 17.4. The SMILES string of the molecule is O=c1sc2cc(S(=O)(=O)NCC3CCCO3)ccc2n1Cc1ccccc1Cl. The van der Waals surface area contributed by atoms with Gasteiger partial charge in [0.2, 0.25) is 10.0 Å². The molecule has 9 heteroatoms. The zero-order valence-corrected chi connectivity index (χ0v) is 17.3. The van der Waals surface area contributed by atoms with Crippen molar-refractivity contribution in [1.29, 1.82) is 0 Å². The third-order valence-electron chi connectivity index (χ3n) is 4.76. The van der Waals surface area contributed by atoms with Crippen molar-refractivity contribution in [1.82, 2.24) is 9.29 Å². The molecule has 0 aliphatic carbocycles. The molecule has 0 bridgehead atoms. The first-order valence-corrected chi connectivity index (χ1v) is 11.6. The number of nitrogens with one attached hydrogen (secondary N) is 1. The minimum Gasteiger partial charge on any atom is -0.377 e. The molecule has 0 saturated carbocycles. The molecule has 1 aliphatic heterocycles. The molecule has 0 radical (unpaired) electrons. The van der Waals surface area contributed by atoms with Crippen LogP contribution in [0.1, 0.15) is 18.4 Å². The maximum atomic E-state index is 12.6. The predicted molar refractivity (Wildman–Crippen MR) is 111 cm³/mol. The average Bonchev–Trinajstić information content (AvgIpc) is 3.29. The number of halogens is 1. The standard InChI is InChI=1S/C19H19ClN2O4S2/c20-16-6-2-1-4-13(16)12-22-17-8-7-15(10-18(17)27-19(22)23)28(24,25)21-11-14-5-3-9-26-14/h1-2,4,6-8,10,14,21H,3,5,9,11-12H2. The van der Waals surface area contributed by atoms with Crippen LogP contribution in [-0.4, -0.2) is 32.2 Å². The highest BCUT2D eigenvalue weighted by molar-refractivity contribution is 7.89. The van der Waals surface area contributed by atoms with E-state index in [9.17, 15) is 13.2 Å². The van der Waals surface area contributed by atoms with Gasteiger partial charge in [-0.2, -0.15) is 0 Å². The molecular weight excluding hydrogens is 420 g/mol. The van der Waals surface area contributed by atoms with Crippen molar-refractivity contribution < 1.29 is 13.2 Å². The lowest BCUT2D eigenvalue weighted by atomic mass is 10.2. The van der Waals surface area contributed by atoms with Crippen LogP contribution in [0.25, 0.3) is 10.2 Å². The Bertz CT molecular complexity index is 1160. The van der Waals surface area contributed by atoms with Gasteiger partial charge in [0.15, 0.2) is 0 Å². The molecule has 1 saturated heterocycles. The molecule has 2 aromatic carbocycles. The van der Waals surface area contributed by atoms with Crippen LogP contribution in [0.4, 0.5) is 0 Å². The van der Waals surface area contributed by atoms with E-state index in [-0.39, 0.29) is 22.4 Å². The first-order chi connectivity index (χ1) is 13.4. The molecule has 1 atom stereocenters. The number of aromatic nitrogens is 1. The van der Waals surface area contributed by atoms with Gasteiger partial charge >= 0.3 is 4.87 Å². The fraction of sp³-hybridized carbons (Fsp3) is 0.316. The molecule has 0 spiro atoms. The summed E-state index contributed by atoms with van der Waals surface area (Å²) < 4.78 is 35.5. The summed E-state index contributed by atoms with van der Waals surface area (Å²) in [6, 6.07) is 12.1. The Morgan fingerprint density at radius 1 is 1.25 bits per heavy atom. The molecule has 0 amide bonds. The van der Waals surface area contributed by atoms with Gasteiger partial charge in [-0.1, -0.05) is 41.1 Å². The first kappa shape index (κ1) is 19.6. The van der Waals surface area contributed by atoms with E-state index in [0.717, 1.165) is 29.7 Å². The Kier molecular flexibility index (Phi) is 5.57. The summed E-state index contributed by atoms with van der Waals surface area (Å²) in [4.78, 5) is 12.5. The first-order valence-electron chi connectivity index (χ1n) is 8.92. The summed E-state index contributed by atoms with van der Waals surface area (Å²) in [5.41, 5.74) is 1.52. The van der Waals surface area contributed by atoms with Crippen molar-refractivity contribution in [3.8, 4) is 0 Å². The number of rotatable bonds is 6. The highest BCUT2D eigenvalue weighted by Gasteiger charge is 2.21. The van der Waals surface area contributed by atoms with Crippen molar-refractivity contribution in [2.24, 2.45) is 0 Å². The van der Waals surface area contributed by atoms with E-state index < -0.39 is 10.0 Å². The number of nitrogens with zero attached hydrogens (tertiary/aromatic N) is 1. The fourth-order valence-corrected chi connectivity index (χ4v) is 5.54. The summed E-state index contributed by atoms with van der Waals surface area (Å²) in [7, 11) is -3.66. The average molecular weight is 439 g/mol. The number of thiazole rings is 1. The number of sulfonamides is 1. The maximum Gasteiger partial charge on any atom is 0.308 e. The summed E-state index contributed by atoms with van der Waals surface area (Å²) in [5.74, 6) is 0. The molecule has 28 heavy (non-hydrogen) atoms. The summed E-state index contributed by atoms with van der Waals surface area (Å²) in [5, 5.41) is 0.589. The van der Waals surface area contributed by atoms with Crippen molar-refractivity contribution >= 4 is 43.2 Å². The van der Waals surface area contributed by atoms with Crippen LogP contribution >= 0.6 is 22.9 Å². The second-order valence-electron chi connectivity index (χ2n) is 6.66. The number of benzene rings is 2. The summed E-state index contributed by atoms with van der Waals surface area (Å²) in [6.07, 6.45) is 1.73. The molecule has 3 aromatic rings. The van der Waals surface area contributed by atoms with E-state index in [1.165, 1.54) is 6.07 Å². The highest BCUT2D eigenvalue weighted by Crippen LogP contribution is 2.24. The zero-order valence-electron chi connectivity index (χ0n) is 14.9. The van der Waals surface area contributed by atoms with E-state index in [0.29, 0.717) is 28.4 Å². The number of hydrogen-bond donors (Lipinski definition) is 1. The maximum absolute atomic E-state index is 12.6. The Hall–Kier alpha value is -1.71. The van der Waals surface area contributed by atoms with Crippen LogP contribution in [0.15, 0.2) is 52.2 Å². The van der Waals surface area contributed by atoms with Crippen molar-refractivity contribution in [2.45, 2.75) is 30.4 Å². The third kappa shape index (κ3) is 4.01. The van der Waals surface area contributed by atoms with Gasteiger partial charge in [-0.05, 0) is 42.7 Å². The smallest absolute Gasteiger partial charge is 0.308 e. The second-order valence-corrected chi connectivity index (χ2v) is 9.83. The van der Waals surface area contributed by atoms with Crippen LogP contribution < -0.4 is 9.60 Å². The van der Waals surface area contributed by atoms with Crippen LogP contribution in [0, 0.1) is 0 Å². The monoisotopic (exact) mass is 438 g/mol. The Morgan fingerprint density at radius 3 is 2.82 bits per heavy atom. The summed E-state index contributed by atoms with van der Waals surface area (Å²) in [6.45, 7) is 1.26. The minimum atomic E-state index is -3.66. The van der Waals surface area contributed by atoms with Gasteiger partial charge in [-0.25, -0.2) is 13.1 Å². The van der Waals surface area contributed by atoms with E-state index in [1.54, 1.807) is 22.8 Å². The molecule has 2 heterocycles. The van der Waals surface area contributed by atoms with E-state index in [4.69, 9.17) is 16.3 Å². The third-order valence-corrected chi connectivity index (χ3v) is 7.49. The topological polar surface area (TPSA) is 77.4 Å². The lowest BCUT2D eigenvalue weighted by molar-refractivity contribution is 0.114. The lowest BCUT2D eigenvalue weighted by Gasteiger charge is -2.11. The van der Waals surface area contributed by atoms with Crippen molar-refractivity contribution in [2.75, 3.05) is 13.2 Å². The van der Waals surface area contributed by atoms with Gasteiger partial charge in [0.05, 0.1) is 27.8 Å². The second kappa shape index (κ2) is 7.96. The van der Waals surface area contributed by atoms with Crippen LogP contribution in [0.2, 0.25) is 5.02 Å². The number of fused-ring (bicyclic) bond motifs is 1. The largest absolute Gasteiger partial charge is 0.377 e. The highest BCUT2D eigenvalue weighted by atomic mass is 35.5. The van der Waals surface area contributed by atoms with Crippen LogP contribution in [0.5, 0.6) is 0 Å². The molecule has 1 fully saturated rings. The van der Waals surface area contributed by atoms with Crippen molar-refractivity contribution in [3.05, 3.63) is 62.7 Å². The lowest BCUT2D eigenvalue weighted by Crippen LogP contribution is -2.31. The molecule has 1 aliphatic rings. The summed E-state index contributed by atoms with van der Waals surface area (Å²) >= 11 is 7.23. The molecule has 6 nitrogen and oxygen atoms in total. The molecule has 1 N–H and O–H groups in total. The van der Waals surface area contributed by atoms with Gasteiger partial charge in [-0.15, -0.1) is 0 Å². The van der Waals surface area contributed by atoms with E-state index >= 15 is 0 Å². The predicted octanol–water partition coefficient (Wildman–Crippen LogP) is 3.22. The quantitative estimate of drug-likeness (QED) is 0.641. The molecule has 148 valence electrons. The van der Waals surface area contributed by atoms with Gasteiger partial charge in [0, 0.05) is 18.2 Å². The molecule has 1 aromatic heterocycles. The molecule has 4 rings (SSSR count). The zero-order chi connectivity index (χ0) is 19.7. The Morgan fingerprint density at radius 2 is 2.07 bits per heavy atom. The van der Waals surface area contributed by atoms with Gasteiger partial charge in [0.25, 0.3) is 0 Å². The van der Waals surface area contributed by atoms with Gasteiger partial charge in [-0.3, -0.25) is 9.36 Å². The Labute approximate surface area is 171 Å². The molecule has 1 unspecified atom stereocenters. The van der Waals surface area contributed by atoms with E-state index in [1.807, 2.05) is 18.2 Å². The molecular formula is C19H19ClN2O4S2. The Balaban J connectivity index is 1.61. The minimum absolute atomic E-state index is 0.0775. The van der Waals surface area contributed by atoms with Crippen molar-refractivity contribution in [3.63, 3.8) is 0 Å². The number of hydrogen-bond acceptors (Lipinski definition) is 5. The number of ether oxygens (including phenoxy) is 1. The fourth-order valence-electron chi connectivity index (χ4n) is 3.25.